The number of rotatable bonds is 30. The fraction of sp³-hybridized carbons (Fsp3) is 0.700. The molecule has 0 aliphatic carbocycles. The van der Waals surface area contributed by atoms with Gasteiger partial charge in [0.1, 0.15) is 17.0 Å². The van der Waals surface area contributed by atoms with Crippen LogP contribution >= 0.6 is 11.3 Å². The molecule has 0 fully saturated rings. The molecule has 2 atom stereocenters. The highest BCUT2D eigenvalue weighted by atomic mass is 32.1. The van der Waals surface area contributed by atoms with Crippen molar-refractivity contribution in [1.82, 2.24) is 9.80 Å². The summed E-state index contributed by atoms with van der Waals surface area (Å²) in [5, 5.41) is 28.4. The lowest BCUT2D eigenvalue weighted by Crippen LogP contribution is -2.44. The standard InChI is InChI=1S/C40H65N7O7S/c1-30(2)53-28-35(51-21-19-49-16-14-46(9)10)26-47(27-36(29-54-31(3)4)52-22-20-50-18-17-48-15-13-45(7)8)34-11-12-38(32(5)23-34)43-44-40-37(24-41)33(6)39(25-42)55-40/h11-12,23,30-31,35-36H,13-22,26-29H2,1-10H3. The maximum Gasteiger partial charge on any atom is 0.158 e. The monoisotopic (exact) mass is 787 g/mol. The number of ether oxygens (including phenoxy) is 7. The van der Waals surface area contributed by atoms with Gasteiger partial charge in [0, 0.05) is 31.9 Å². The van der Waals surface area contributed by atoms with Gasteiger partial charge in [0.05, 0.1) is 102 Å². The molecule has 2 rings (SSSR count). The smallest absolute Gasteiger partial charge is 0.158 e. The van der Waals surface area contributed by atoms with Crippen molar-refractivity contribution in [2.75, 3.05) is 125 Å². The number of benzene rings is 1. The molecule has 0 spiro atoms. The van der Waals surface area contributed by atoms with Crippen LogP contribution in [0, 0.1) is 36.5 Å². The van der Waals surface area contributed by atoms with E-state index in [4.69, 9.17) is 33.2 Å². The van der Waals surface area contributed by atoms with Gasteiger partial charge in [-0.1, -0.05) is 0 Å². The minimum Gasteiger partial charge on any atom is -0.378 e. The zero-order valence-corrected chi connectivity index (χ0v) is 35.7. The Kier molecular flexibility index (Phi) is 24.1. The topological polar surface area (TPSA) is 147 Å². The van der Waals surface area contributed by atoms with E-state index < -0.39 is 0 Å². The molecule has 308 valence electrons. The Labute approximate surface area is 333 Å². The van der Waals surface area contributed by atoms with E-state index in [1.807, 2.05) is 74.9 Å². The number of hydrogen-bond donors (Lipinski definition) is 0. The second-order valence-corrected chi connectivity index (χ2v) is 15.2. The summed E-state index contributed by atoms with van der Waals surface area (Å²) in [4.78, 5) is 6.86. The van der Waals surface area contributed by atoms with Crippen LogP contribution in [-0.4, -0.2) is 155 Å². The van der Waals surface area contributed by atoms with Gasteiger partial charge in [-0.05, 0) is 99.1 Å². The van der Waals surface area contributed by atoms with Gasteiger partial charge in [-0.3, -0.25) is 0 Å². The SMILES string of the molecule is Cc1cc(N(CC(COC(C)C)OCCOCCOCCN(C)C)CC(COC(C)C)OCCOCCN(C)C)ccc1N=Nc1sc(C#N)c(C)c1C#N. The predicted octanol–water partition coefficient (Wildman–Crippen LogP) is 6.12. The van der Waals surface area contributed by atoms with Gasteiger partial charge < -0.3 is 47.9 Å². The highest BCUT2D eigenvalue weighted by Gasteiger charge is 2.23. The normalized spacial score (nSPS) is 13.0. The Balaban J connectivity index is 2.30. The molecule has 0 saturated heterocycles. The van der Waals surface area contributed by atoms with Crippen LogP contribution in [0.1, 0.15) is 49.3 Å². The van der Waals surface area contributed by atoms with Crippen molar-refractivity contribution < 1.29 is 33.2 Å². The van der Waals surface area contributed by atoms with E-state index in [0.29, 0.717) is 106 Å². The zero-order valence-electron chi connectivity index (χ0n) is 34.8. The van der Waals surface area contributed by atoms with Gasteiger partial charge >= 0.3 is 0 Å². The molecule has 1 aromatic carbocycles. The first-order valence-electron chi connectivity index (χ1n) is 19.0. The Morgan fingerprint density at radius 1 is 0.673 bits per heavy atom. The number of nitrogens with zero attached hydrogens (tertiary/aromatic N) is 7. The van der Waals surface area contributed by atoms with Crippen molar-refractivity contribution in [3.05, 3.63) is 39.8 Å². The number of anilines is 1. The summed E-state index contributed by atoms with van der Waals surface area (Å²) < 4.78 is 42.2. The number of nitriles is 2. The second kappa shape index (κ2) is 27.5. The second-order valence-electron chi connectivity index (χ2n) is 14.2. The maximum atomic E-state index is 9.67. The van der Waals surface area contributed by atoms with Crippen LogP contribution in [0.25, 0.3) is 0 Å². The van der Waals surface area contributed by atoms with Crippen LogP contribution in [0.4, 0.5) is 16.4 Å². The molecule has 0 amide bonds. The first kappa shape index (κ1) is 48.1. The van der Waals surface area contributed by atoms with Crippen molar-refractivity contribution in [3.63, 3.8) is 0 Å². The van der Waals surface area contributed by atoms with Gasteiger partial charge in [-0.25, -0.2) is 0 Å². The van der Waals surface area contributed by atoms with Crippen molar-refractivity contribution in [2.24, 2.45) is 10.2 Å². The molecule has 14 nitrogen and oxygen atoms in total. The van der Waals surface area contributed by atoms with Crippen LogP contribution in [0.5, 0.6) is 0 Å². The zero-order chi connectivity index (χ0) is 40.6. The summed E-state index contributed by atoms with van der Waals surface area (Å²) in [5.41, 5.74) is 3.48. The van der Waals surface area contributed by atoms with Crippen molar-refractivity contribution >= 4 is 27.7 Å². The van der Waals surface area contributed by atoms with E-state index in [-0.39, 0.29) is 24.4 Å². The van der Waals surface area contributed by atoms with E-state index >= 15 is 0 Å². The third kappa shape index (κ3) is 20.1. The lowest BCUT2D eigenvalue weighted by molar-refractivity contribution is -0.0583. The molecule has 1 aromatic heterocycles. The van der Waals surface area contributed by atoms with E-state index in [2.05, 4.69) is 43.1 Å². The summed E-state index contributed by atoms with van der Waals surface area (Å²) in [6.45, 7) is 19.4. The van der Waals surface area contributed by atoms with E-state index in [1.165, 1.54) is 11.3 Å². The fourth-order valence-corrected chi connectivity index (χ4v) is 5.88. The van der Waals surface area contributed by atoms with Crippen LogP contribution in [-0.2, 0) is 33.2 Å². The molecule has 1 heterocycles. The molecule has 0 aliphatic rings. The third-order valence-electron chi connectivity index (χ3n) is 8.11. The predicted molar refractivity (Wildman–Crippen MR) is 217 cm³/mol. The number of hydrogen-bond acceptors (Lipinski definition) is 15. The minimum absolute atomic E-state index is 0.0305. The number of azo groups is 1. The maximum absolute atomic E-state index is 9.67. The molecule has 0 N–H and O–H groups in total. The summed E-state index contributed by atoms with van der Waals surface area (Å²) in [6.07, 6.45) is -0.468. The molecule has 15 heteroatoms. The number of aryl methyl sites for hydroxylation is 1. The van der Waals surface area contributed by atoms with Gasteiger partial charge in [0.25, 0.3) is 0 Å². The molecule has 2 unspecified atom stereocenters. The van der Waals surface area contributed by atoms with Crippen molar-refractivity contribution in [3.8, 4) is 12.1 Å². The molecule has 2 aromatic rings. The Morgan fingerprint density at radius 2 is 1.18 bits per heavy atom. The van der Waals surface area contributed by atoms with Crippen molar-refractivity contribution in [2.45, 2.75) is 66.0 Å². The minimum atomic E-state index is -0.274. The van der Waals surface area contributed by atoms with Crippen molar-refractivity contribution in [1.29, 1.82) is 10.5 Å². The van der Waals surface area contributed by atoms with Gasteiger partial charge in [-0.2, -0.15) is 10.5 Å². The Hall–Kier alpha value is -3.06. The number of thiophene rings is 1. The Morgan fingerprint density at radius 3 is 1.64 bits per heavy atom. The molecule has 0 bridgehead atoms. The average molecular weight is 788 g/mol. The van der Waals surface area contributed by atoms with E-state index in [1.54, 1.807) is 6.92 Å². The molecule has 55 heavy (non-hydrogen) atoms. The summed E-state index contributed by atoms with van der Waals surface area (Å²) in [7, 11) is 8.07. The average Bonchev–Trinajstić information content (AvgIpc) is 3.45. The van der Waals surface area contributed by atoms with Crippen LogP contribution in [0.3, 0.4) is 0 Å². The van der Waals surface area contributed by atoms with Crippen LogP contribution in [0.15, 0.2) is 28.4 Å². The van der Waals surface area contributed by atoms with E-state index in [9.17, 15) is 10.5 Å². The van der Waals surface area contributed by atoms with Crippen LogP contribution in [0.2, 0.25) is 0 Å². The molecular weight excluding hydrogens is 723 g/mol. The van der Waals surface area contributed by atoms with Crippen LogP contribution < -0.4 is 4.90 Å². The quantitative estimate of drug-likeness (QED) is 0.0664. The lowest BCUT2D eigenvalue weighted by Gasteiger charge is -2.33. The summed E-state index contributed by atoms with van der Waals surface area (Å²) >= 11 is 1.17. The molecule has 0 aliphatic heterocycles. The lowest BCUT2D eigenvalue weighted by atomic mass is 10.1. The fourth-order valence-electron chi connectivity index (χ4n) is 5.00. The largest absolute Gasteiger partial charge is 0.378 e. The van der Waals surface area contributed by atoms with Gasteiger partial charge in [-0.15, -0.1) is 21.6 Å². The molecule has 0 saturated carbocycles. The highest BCUT2D eigenvalue weighted by Crippen LogP contribution is 2.36. The van der Waals surface area contributed by atoms with E-state index in [0.717, 1.165) is 24.3 Å². The highest BCUT2D eigenvalue weighted by molar-refractivity contribution is 7.16. The van der Waals surface area contributed by atoms with Gasteiger partial charge in [0.2, 0.25) is 0 Å². The first-order valence-corrected chi connectivity index (χ1v) is 19.9. The third-order valence-corrected chi connectivity index (χ3v) is 9.20. The number of likely N-dealkylation sites (N-methyl/N-ethyl adjacent to an activating group) is 2. The molecular formula is C40H65N7O7S. The Bertz CT molecular complexity index is 1470. The summed E-state index contributed by atoms with van der Waals surface area (Å²) in [5.74, 6) is 0. The summed E-state index contributed by atoms with van der Waals surface area (Å²) in [6, 6.07) is 10.3. The van der Waals surface area contributed by atoms with Gasteiger partial charge in [0.15, 0.2) is 5.00 Å². The first-order chi connectivity index (χ1) is 26.3. The molecule has 0 radical (unpaired) electrons.